The van der Waals surface area contributed by atoms with Crippen molar-refractivity contribution in [2.45, 2.75) is 58.5 Å². The molecule has 2 N–H and O–H groups in total. The zero-order valence-electron chi connectivity index (χ0n) is 13.9. The molecule has 122 valence electrons. The molecule has 0 atom stereocenters. The lowest BCUT2D eigenvalue weighted by atomic mass is 9.98. The number of hydrogen-bond acceptors (Lipinski definition) is 3. The summed E-state index contributed by atoms with van der Waals surface area (Å²) in [4.78, 5) is 27.1. The van der Waals surface area contributed by atoms with Crippen LogP contribution in [0.2, 0.25) is 0 Å². The fourth-order valence-corrected chi connectivity index (χ4v) is 2.43. The van der Waals surface area contributed by atoms with Crippen LogP contribution >= 0.6 is 0 Å². The van der Waals surface area contributed by atoms with Crippen molar-refractivity contribution in [3.8, 4) is 0 Å². The van der Waals surface area contributed by atoms with Crippen LogP contribution in [0.5, 0.6) is 0 Å². The molecule has 21 heavy (non-hydrogen) atoms. The van der Waals surface area contributed by atoms with E-state index in [1.165, 1.54) is 0 Å². The molecule has 0 aromatic carbocycles. The quantitative estimate of drug-likeness (QED) is 0.829. The molecule has 1 aliphatic rings. The third-order valence-corrected chi connectivity index (χ3v) is 3.92. The van der Waals surface area contributed by atoms with Crippen LogP contribution in [0.25, 0.3) is 0 Å². The summed E-state index contributed by atoms with van der Waals surface area (Å²) in [7, 11) is 0. The van der Waals surface area contributed by atoms with Gasteiger partial charge in [0.2, 0.25) is 0 Å². The van der Waals surface area contributed by atoms with Gasteiger partial charge in [-0.25, -0.2) is 4.79 Å². The van der Waals surface area contributed by atoms with E-state index < -0.39 is 11.5 Å². The maximum atomic E-state index is 12.3. The fourth-order valence-electron chi connectivity index (χ4n) is 2.43. The van der Waals surface area contributed by atoms with Crippen LogP contribution in [0.3, 0.4) is 0 Å². The van der Waals surface area contributed by atoms with Crippen molar-refractivity contribution in [2.24, 2.45) is 0 Å². The number of carbonyl (C=O) groups excluding carboxylic acids is 1. The minimum Gasteiger partial charge on any atom is -0.481 e. The monoisotopic (exact) mass is 299 g/mol. The lowest BCUT2D eigenvalue weighted by Crippen LogP contribution is -2.58. The van der Waals surface area contributed by atoms with Crippen molar-refractivity contribution in [3.63, 3.8) is 0 Å². The van der Waals surface area contributed by atoms with E-state index in [2.05, 4.69) is 31.0 Å². The Morgan fingerprint density at radius 3 is 2.00 bits per heavy atom. The van der Waals surface area contributed by atoms with Crippen LogP contribution in [0.15, 0.2) is 0 Å². The van der Waals surface area contributed by atoms with Crippen LogP contribution in [-0.2, 0) is 4.79 Å². The first-order chi connectivity index (χ1) is 9.51. The third-order valence-electron chi connectivity index (χ3n) is 3.92. The van der Waals surface area contributed by atoms with Gasteiger partial charge in [-0.1, -0.05) is 0 Å². The highest BCUT2D eigenvalue weighted by Crippen LogP contribution is 2.17. The Morgan fingerprint density at radius 2 is 1.57 bits per heavy atom. The molecule has 1 saturated heterocycles. The maximum absolute atomic E-state index is 12.3. The average molecular weight is 299 g/mol. The fraction of sp³-hybridized carbons (Fsp3) is 0.867. The van der Waals surface area contributed by atoms with Gasteiger partial charge in [0, 0.05) is 43.7 Å². The van der Waals surface area contributed by atoms with Crippen LogP contribution in [0.1, 0.15) is 47.5 Å². The Labute approximate surface area is 127 Å². The zero-order valence-corrected chi connectivity index (χ0v) is 13.9. The highest BCUT2D eigenvalue weighted by molar-refractivity contribution is 5.75. The Morgan fingerprint density at radius 1 is 1.05 bits per heavy atom. The van der Waals surface area contributed by atoms with E-state index in [-0.39, 0.29) is 18.0 Å². The highest BCUT2D eigenvalue weighted by Gasteiger charge is 2.30. The first-order valence-corrected chi connectivity index (χ1v) is 7.55. The number of carboxylic acids is 1. The summed E-state index contributed by atoms with van der Waals surface area (Å²) in [6, 6.07) is -0.0982. The van der Waals surface area contributed by atoms with Crippen molar-refractivity contribution in [1.29, 1.82) is 0 Å². The maximum Gasteiger partial charge on any atom is 0.317 e. The standard InChI is InChI=1S/C15H29N3O3/c1-14(2,3)18-10-8-17(9-11-18)13(21)16-15(4,5)7-6-12(19)20/h6-11H2,1-5H3,(H,16,21)(H,19,20). The van der Waals surface area contributed by atoms with Gasteiger partial charge in [-0.05, 0) is 41.0 Å². The number of piperazine rings is 1. The van der Waals surface area contributed by atoms with Crippen molar-refractivity contribution in [2.75, 3.05) is 26.2 Å². The molecule has 0 radical (unpaired) electrons. The van der Waals surface area contributed by atoms with Gasteiger partial charge in [0.15, 0.2) is 0 Å². The van der Waals surface area contributed by atoms with Crippen LogP contribution in [-0.4, -0.2) is 64.2 Å². The molecule has 0 saturated carbocycles. The van der Waals surface area contributed by atoms with Crippen molar-refractivity contribution in [1.82, 2.24) is 15.1 Å². The summed E-state index contributed by atoms with van der Waals surface area (Å²) in [5, 5.41) is 11.7. The topological polar surface area (TPSA) is 72.9 Å². The molecule has 6 nitrogen and oxygen atoms in total. The average Bonchev–Trinajstić information content (AvgIpc) is 2.35. The molecule has 1 heterocycles. The lowest BCUT2D eigenvalue weighted by molar-refractivity contribution is -0.137. The van der Waals surface area contributed by atoms with Crippen LogP contribution < -0.4 is 5.32 Å². The van der Waals surface area contributed by atoms with Gasteiger partial charge in [-0.2, -0.15) is 0 Å². The zero-order chi connectivity index (χ0) is 16.3. The van der Waals surface area contributed by atoms with Crippen molar-refractivity contribution in [3.05, 3.63) is 0 Å². The van der Waals surface area contributed by atoms with Gasteiger partial charge >= 0.3 is 12.0 Å². The van der Waals surface area contributed by atoms with Gasteiger partial charge in [0.1, 0.15) is 0 Å². The minimum atomic E-state index is -0.837. The molecule has 0 aromatic rings. The summed E-state index contributed by atoms with van der Waals surface area (Å²) in [5.41, 5.74) is -0.375. The van der Waals surface area contributed by atoms with E-state index in [0.29, 0.717) is 19.5 Å². The van der Waals surface area contributed by atoms with Crippen molar-refractivity contribution >= 4 is 12.0 Å². The summed E-state index contributed by atoms with van der Waals surface area (Å²) in [6.45, 7) is 13.4. The van der Waals surface area contributed by atoms with Gasteiger partial charge in [0.05, 0.1) is 0 Å². The number of nitrogens with one attached hydrogen (secondary N) is 1. The van der Waals surface area contributed by atoms with Gasteiger partial charge in [0.25, 0.3) is 0 Å². The normalized spacial score (nSPS) is 17.7. The molecule has 0 aromatic heterocycles. The number of carboxylic acid groups (broad SMARTS) is 1. The second kappa shape index (κ2) is 6.64. The summed E-state index contributed by atoms with van der Waals surface area (Å²) < 4.78 is 0. The van der Waals surface area contributed by atoms with Gasteiger partial charge in [-0.15, -0.1) is 0 Å². The number of nitrogens with zero attached hydrogens (tertiary/aromatic N) is 2. The smallest absolute Gasteiger partial charge is 0.317 e. The predicted octanol–water partition coefficient (Wildman–Crippen LogP) is 1.76. The van der Waals surface area contributed by atoms with Crippen molar-refractivity contribution < 1.29 is 14.7 Å². The molecule has 0 bridgehead atoms. The molecule has 1 aliphatic heterocycles. The Bertz CT molecular complexity index is 380. The molecule has 6 heteroatoms. The minimum absolute atomic E-state index is 0.0606. The van der Waals surface area contributed by atoms with Gasteiger partial charge in [-0.3, -0.25) is 9.69 Å². The number of hydrogen-bond donors (Lipinski definition) is 2. The molecular weight excluding hydrogens is 270 g/mol. The molecule has 2 amide bonds. The SMILES string of the molecule is CC(C)(CCC(=O)O)NC(=O)N1CCN(C(C)(C)C)CC1. The second-order valence-electron chi connectivity index (χ2n) is 7.35. The van der Waals surface area contributed by atoms with E-state index in [1.54, 1.807) is 0 Å². The predicted molar refractivity (Wildman–Crippen MR) is 82.4 cm³/mol. The molecule has 1 fully saturated rings. The van der Waals surface area contributed by atoms with E-state index in [9.17, 15) is 9.59 Å². The Kier molecular flexibility index (Phi) is 5.61. The summed E-state index contributed by atoms with van der Waals surface area (Å²) in [6.07, 6.45) is 0.487. The van der Waals surface area contributed by atoms with E-state index in [1.807, 2.05) is 18.7 Å². The number of aliphatic carboxylic acids is 1. The Hall–Kier alpha value is -1.30. The summed E-state index contributed by atoms with van der Waals surface area (Å²) >= 11 is 0. The number of urea groups is 1. The molecule has 0 spiro atoms. The Balaban J connectivity index is 2.45. The molecular formula is C15H29N3O3. The number of amides is 2. The summed E-state index contributed by atoms with van der Waals surface area (Å²) in [5.74, 6) is -0.837. The molecule has 1 rings (SSSR count). The number of rotatable bonds is 4. The first kappa shape index (κ1) is 17.8. The lowest BCUT2D eigenvalue weighted by Gasteiger charge is -2.42. The first-order valence-electron chi connectivity index (χ1n) is 7.55. The largest absolute Gasteiger partial charge is 0.481 e. The molecule has 0 aliphatic carbocycles. The van der Waals surface area contributed by atoms with E-state index in [4.69, 9.17) is 5.11 Å². The third kappa shape index (κ3) is 5.91. The van der Waals surface area contributed by atoms with Crippen LogP contribution in [0.4, 0.5) is 4.79 Å². The van der Waals surface area contributed by atoms with Gasteiger partial charge < -0.3 is 15.3 Å². The van der Waals surface area contributed by atoms with E-state index in [0.717, 1.165) is 13.1 Å². The van der Waals surface area contributed by atoms with E-state index >= 15 is 0 Å². The van der Waals surface area contributed by atoms with Crippen LogP contribution in [0, 0.1) is 0 Å². The second-order valence-corrected chi connectivity index (χ2v) is 7.35. The highest BCUT2D eigenvalue weighted by atomic mass is 16.4. The molecule has 0 unspecified atom stereocenters. The number of carbonyl (C=O) groups is 2.